The fourth-order valence-electron chi connectivity index (χ4n) is 2.08. The zero-order valence-electron chi connectivity index (χ0n) is 9.75. The molecule has 0 spiro atoms. The number of fused-ring (bicyclic) bond motifs is 1. The van der Waals surface area contributed by atoms with E-state index in [9.17, 15) is 31.5 Å². The Labute approximate surface area is 112 Å². The second-order valence-corrected chi connectivity index (χ2v) is 5.81. The molecule has 0 heterocycles. The van der Waals surface area contributed by atoms with Crippen LogP contribution in [0, 0.1) is 5.92 Å². The van der Waals surface area contributed by atoms with Crippen molar-refractivity contribution in [3.05, 3.63) is 35.4 Å². The number of halogens is 3. The van der Waals surface area contributed by atoms with Gasteiger partial charge in [-0.25, -0.2) is 0 Å². The van der Waals surface area contributed by atoms with Gasteiger partial charge >= 0.3 is 15.6 Å². The Hall–Kier alpha value is -1.61. The summed E-state index contributed by atoms with van der Waals surface area (Å²) in [7, 11) is -5.88. The Morgan fingerprint density at radius 2 is 1.90 bits per heavy atom. The fraction of sp³-hybridized carbons (Fsp3) is 0.364. The second-order valence-electron chi connectivity index (χ2n) is 4.25. The summed E-state index contributed by atoms with van der Waals surface area (Å²) in [6.07, 6.45) is -1.88. The Kier molecular flexibility index (Phi) is 3.51. The van der Waals surface area contributed by atoms with Crippen LogP contribution in [0.1, 0.15) is 17.2 Å². The SMILES string of the molecule is O=C([O-])C1Cc2ccccc2C1OS(=O)(=O)C(F)(F)F. The van der Waals surface area contributed by atoms with Gasteiger partial charge < -0.3 is 9.90 Å². The largest absolute Gasteiger partial charge is 0.550 e. The van der Waals surface area contributed by atoms with E-state index in [-0.39, 0.29) is 12.0 Å². The van der Waals surface area contributed by atoms with E-state index >= 15 is 0 Å². The van der Waals surface area contributed by atoms with Crippen LogP contribution < -0.4 is 5.11 Å². The molecule has 0 radical (unpaired) electrons. The number of benzene rings is 1. The molecule has 1 aromatic carbocycles. The van der Waals surface area contributed by atoms with Gasteiger partial charge in [0.05, 0.1) is 0 Å². The summed E-state index contributed by atoms with van der Waals surface area (Å²) in [5, 5.41) is 10.9. The van der Waals surface area contributed by atoms with Crippen molar-refractivity contribution in [2.24, 2.45) is 5.92 Å². The highest BCUT2D eigenvalue weighted by Crippen LogP contribution is 2.41. The van der Waals surface area contributed by atoms with Crippen LogP contribution in [0.5, 0.6) is 0 Å². The van der Waals surface area contributed by atoms with Crippen LogP contribution in [0.3, 0.4) is 0 Å². The molecule has 2 rings (SSSR count). The predicted molar refractivity (Wildman–Crippen MR) is 57.4 cm³/mol. The number of rotatable bonds is 3. The van der Waals surface area contributed by atoms with E-state index in [4.69, 9.17) is 0 Å². The average molecular weight is 309 g/mol. The Bertz CT molecular complexity index is 638. The number of carbonyl (C=O) groups excluding carboxylic acids is 1. The normalized spacial score (nSPS) is 22.6. The van der Waals surface area contributed by atoms with Gasteiger partial charge in [0.2, 0.25) is 0 Å². The van der Waals surface area contributed by atoms with Crippen LogP contribution in [-0.4, -0.2) is 19.9 Å². The molecule has 5 nitrogen and oxygen atoms in total. The van der Waals surface area contributed by atoms with Gasteiger partial charge in [0.25, 0.3) is 0 Å². The summed E-state index contributed by atoms with van der Waals surface area (Å²) < 4.78 is 63.1. The van der Waals surface area contributed by atoms with Crippen molar-refractivity contribution < 1.29 is 35.7 Å². The molecule has 0 saturated carbocycles. The number of aliphatic carboxylic acids is 1. The average Bonchev–Trinajstić information content (AvgIpc) is 2.67. The molecule has 0 fully saturated rings. The maximum atomic E-state index is 12.3. The van der Waals surface area contributed by atoms with Crippen molar-refractivity contribution in [1.82, 2.24) is 0 Å². The quantitative estimate of drug-likeness (QED) is 0.600. The molecule has 0 aliphatic heterocycles. The first-order valence-corrected chi connectivity index (χ1v) is 6.82. The zero-order chi connectivity index (χ0) is 15.1. The molecule has 9 heteroatoms. The maximum Gasteiger partial charge on any atom is 0.523 e. The molecule has 2 atom stereocenters. The molecule has 1 aliphatic rings. The summed E-state index contributed by atoms with van der Waals surface area (Å²) in [5.74, 6) is -3.15. The number of carbonyl (C=O) groups is 1. The molecular formula is C11H8F3O5S-. The number of hydrogen-bond donors (Lipinski definition) is 0. The lowest BCUT2D eigenvalue weighted by Crippen LogP contribution is -2.37. The Morgan fingerprint density at radius 3 is 2.45 bits per heavy atom. The zero-order valence-corrected chi connectivity index (χ0v) is 10.6. The predicted octanol–water partition coefficient (Wildman–Crippen LogP) is 0.516. The van der Waals surface area contributed by atoms with Crippen molar-refractivity contribution >= 4 is 16.1 Å². The van der Waals surface area contributed by atoms with Crippen LogP contribution in [0.2, 0.25) is 0 Å². The summed E-state index contributed by atoms with van der Waals surface area (Å²) in [6.45, 7) is 0. The van der Waals surface area contributed by atoms with Crippen LogP contribution in [0.25, 0.3) is 0 Å². The van der Waals surface area contributed by atoms with Gasteiger partial charge in [-0.1, -0.05) is 24.3 Å². The number of carboxylic acids is 1. The van der Waals surface area contributed by atoms with E-state index in [0.717, 1.165) is 0 Å². The number of carboxylic acid groups (broad SMARTS) is 1. The van der Waals surface area contributed by atoms with Gasteiger partial charge in [-0.15, -0.1) is 0 Å². The molecule has 20 heavy (non-hydrogen) atoms. The smallest absolute Gasteiger partial charge is 0.523 e. The lowest BCUT2D eigenvalue weighted by atomic mass is 10.0. The molecular weight excluding hydrogens is 301 g/mol. The molecule has 2 unspecified atom stereocenters. The fourth-order valence-corrected chi connectivity index (χ4v) is 2.70. The molecule has 110 valence electrons. The van der Waals surface area contributed by atoms with Gasteiger partial charge in [0.15, 0.2) is 0 Å². The van der Waals surface area contributed by atoms with Crippen molar-refractivity contribution in [1.29, 1.82) is 0 Å². The molecule has 0 N–H and O–H groups in total. The van der Waals surface area contributed by atoms with Crippen LogP contribution in [0.15, 0.2) is 24.3 Å². The molecule has 0 saturated heterocycles. The van der Waals surface area contributed by atoms with E-state index in [1.165, 1.54) is 18.2 Å². The summed E-state index contributed by atoms with van der Waals surface area (Å²) in [6, 6.07) is 5.84. The molecule has 0 amide bonds. The van der Waals surface area contributed by atoms with Crippen molar-refractivity contribution in [2.75, 3.05) is 0 Å². The van der Waals surface area contributed by atoms with Crippen molar-refractivity contribution in [3.8, 4) is 0 Å². The van der Waals surface area contributed by atoms with Gasteiger partial charge in [0.1, 0.15) is 6.10 Å². The highest BCUT2D eigenvalue weighted by molar-refractivity contribution is 7.87. The lowest BCUT2D eigenvalue weighted by molar-refractivity contribution is -0.313. The first kappa shape index (κ1) is 14.8. The first-order valence-electron chi connectivity index (χ1n) is 5.41. The third kappa shape index (κ3) is 2.50. The molecule has 1 aromatic rings. The minimum atomic E-state index is -5.88. The van der Waals surface area contributed by atoms with E-state index < -0.39 is 33.6 Å². The van der Waals surface area contributed by atoms with E-state index in [0.29, 0.717) is 5.56 Å². The molecule has 0 aromatic heterocycles. The van der Waals surface area contributed by atoms with Gasteiger partial charge in [0, 0.05) is 11.9 Å². The minimum Gasteiger partial charge on any atom is -0.550 e. The summed E-state index contributed by atoms with van der Waals surface area (Å²) in [4.78, 5) is 10.9. The van der Waals surface area contributed by atoms with Gasteiger partial charge in [-0.3, -0.25) is 4.18 Å². The number of hydrogen-bond acceptors (Lipinski definition) is 5. The van der Waals surface area contributed by atoms with E-state index in [1.807, 2.05) is 0 Å². The minimum absolute atomic E-state index is 0.106. The van der Waals surface area contributed by atoms with E-state index in [2.05, 4.69) is 4.18 Å². The lowest BCUT2D eigenvalue weighted by Gasteiger charge is -2.21. The highest BCUT2D eigenvalue weighted by Gasteiger charge is 2.50. The molecule has 0 bridgehead atoms. The van der Waals surface area contributed by atoms with Crippen molar-refractivity contribution in [2.45, 2.75) is 18.0 Å². The van der Waals surface area contributed by atoms with Crippen LogP contribution >= 0.6 is 0 Å². The number of alkyl halides is 3. The standard InChI is InChI=1S/C11H9F3O5S/c12-11(13,14)20(17,18)19-9-7-4-2-1-3-6(7)5-8(9)10(15)16/h1-4,8-9H,5H2,(H,15,16)/p-1. The summed E-state index contributed by atoms with van der Waals surface area (Å²) >= 11 is 0. The summed E-state index contributed by atoms with van der Waals surface area (Å²) in [5.41, 5.74) is -5.08. The Morgan fingerprint density at radius 1 is 1.30 bits per heavy atom. The topological polar surface area (TPSA) is 83.5 Å². The highest BCUT2D eigenvalue weighted by atomic mass is 32.2. The third-order valence-corrected chi connectivity index (χ3v) is 4.01. The monoisotopic (exact) mass is 309 g/mol. The first-order chi connectivity index (χ1) is 9.13. The van der Waals surface area contributed by atoms with Gasteiger partial charge in [-0.2, -0.15) is 21.6 Å². The van der Waals surface area contributed by atoms with E-state index in [1.54, 1.807) is 6.07 Å². The maximum absolute atomic E-state index is 12.3. The third-order valence-electron chi connectivity index (χ3n) is 2.98. The van der Waals surface area contributed by atoms with Crippen LogP contribution in [0.4, 0.5) is 13.2 Å². The van der Waals surface area contributed by atoms with Crippen LogP contribution in [-0.2, 0) is 25.5 Å². The van der Waals surface area contributed by atoms with Gasteiger partial charge in [-0.05, 0) is 17.5 Å². The molecule has 1 aliphatic carbocycles. The Balaban J connectivity index is 2.40. The van der Waals surface area contributed by atoms with Crippen molar-refractivity contribution in [3.63, 3.8) is 0 Å². The second kappa shape index (κ2) is 4.74.